The second-order valence-corrected chi connectivity index (χ2v) is 11.4. The number of benzene rings is 8. The topological polar surface area (TPSA) is 17.8 Å². The summed E-state index contributed by atoms with van der Waals surface area (Å²) in [4.78, 5) is 4.96. The first-order valence-corrected chi connectivity index (χ1v) is 15.4. The molecule has 2 nitrogen and oxygen atoms in total. The fourth-order valence-electron chi connectivity index (χ4n) is 6.53. The van der Waals surface area contributed by atoms with Gasteiger partial charge in [0.1, 0.15) is 5.82 Å². The van der Waals surface area contributed by atoms with Crippen molar-refractivity contribution in [1.29, 1.82) is 0 Å². The van der Waals surface area contributed by atoms with Crippen molar-refractivity contribution in [3.63, 3.8) is 0 Å². The fourth-order valence-corrected chi connectivity index (χ4v) is 6.53. The number of para-hydroxylation sites is 2. The highest BCUT2D eigenvalue weighted by Crippen LogP contribution is 2.44. The highest BCUT2D eigenvalue weighted by Gasteiger charge is 2.18. The van der Waals surface area contributed by atoms with Crippen LogP contribution >= 0.6 is 0 Å². The minimum atomic E-state index is -0.433. The summed E-state index contributed by atoms with van der Waals surface area (Å²) in [7, 11) is 0. The maximum Gasteiger partial charge on any atom is 0.145 e. The first kappa shape index (κ1) is 20.0. The van der Waals surface area contributed by atoms with E-state index in [1.807, 2.05) is 133 Å². The smallest absolute Gasteiger partial charge is 0.145 e. The molecule has 0 amide bonds. The Morgan fingerprint density at radius 3 is 1.57 bits per heavy atom. The van der Waals surface area contributed by atoms with Gasteiger partial charge in [-0.1, -0.05) is 151 Å². The Labute approximate surface area is 285 Å². The van der Waals surface area contributed by atoms with Gasteiger partial charge in [-0.25, -0.2) is 4.98 Å². The van der Waals surface area contributed by atoms with Gasteiger partial charge in [0.2, 0.25) is 0 Å². The molecule has 1 aromatic heterocycles. The molecule has 0 spiro atoms. The van der Waals surface area contributed by atoms with Crippen molar-refractivity contribution in [2.45, 2.75) is 0 Å². The van der Waals surface area contributed by atoms with Crippen LogP contribution in [-0.4, -0.2) is 9.55 Å². The highest BCUT2D eigenvalue weighted by molar-refractivity contribution is 6.21. The average molecular weight is 607 g/mol. The fraction of sp³-hybridized carbons (Fsp3) is 0. The molecule has 47 heavy (non-hydrogen) atoms. The number of imidazole rings is 1. The van der Waals surface area contributed by atoms with E-state index in [1.54, 1.807) is 0 Å². The Bertz CT molecular complexity index is 2920. The number of nitrogens with zero attached hydrogens (tertiary/aromatic N) is 2. The van der Waals surface area contributed by atoms with Crippen LogP contribution in [-0.2, 0) is 0 Å². The molecule has 0 atom stereocenters. The minimum absolute atomic E-state index is 0.175. The van der Waals surface area contributed by atoms with E-state index in [4.69, 9.17) is 10.5 Å². The van der Waals surface area contributed by atoms with Gasteiger partial charge in [-0.2, -0.15) is 0 Å². The molecular formula is C45H30N2. The van der Waals surface area contributed by atoms with Crippen molar-refractivity contribution >= 4 is 32.6 Å². The lowest BCUT2D eigenvalue weighted by molar-refractivity contribution is 1.10. The number of fused-ring (bicyclic) bond motifs is 3. The lowest BCUT2D eigenvalue weighted by Gasteiger charge is -2.18. The maximum absolute atomic E-state index is 9.32. The van der Waals surface area contributed by atoms with Crippen LogP contribution in [0.5, 0.6) is 0 Å². The quantitative estimate of drug-likeness (QED) is 0.178. The zero-order chi connectivity index (χ0) is 38.1. The van der Waals surface area contributed by atoms with E-state index >= 15 is 0 Å². The predicted molar refractivity (Wildman–Crippen MR) is 198 cm³/mol. The molecule has 0 saturated carbocycles. The molecule has 0 unspecified atom stereocenters. The molecule has 8 aromatic carbocycles. The summed E-state index contributed by atoms with van der Waals surface area (Å²) in [6.45, 7) is 0. The van der Waals surface area contributed by atoms with Crippen LogP contribution in [0.25, 0.3) is 83.0 Å². The van der Waals surface area contributed by atoms with Gasteiger partial charge in [0.15, 0.2) is 0 Å². The zero-order valence-corrected chi connectivity index (χ0v) is 25.1. The van der Waals surface area contributed by atoms with Crippen molar-refractivity contribution < 1.29 is 11.0 Å². The van der Waals surface area contributed by atoms with Gasteiger partial charge in [-0.15, -0.1) is 0 Å². The molecule has 2 heteroatoms. The summed E-state index contributed by atoms with van der Waals surface area (Å²) in [6, 6.07) is 39.6. The Morgan fingerprint density at radius 2 is 0.936 bits per heavy atom. The zero-order valence-electron chi connectivity index (χ0n) is 33.1. The summed E-state index contributed by atoms with van der Waals surface area (Å²) in [5.41, 5.74) is 6.94. The van der Waals surface area contributed by atoms with Crippen molar-refractivity contribution in [2.24, 2.45) is 0 Å². The van der Waals surface area contributed by atoms with Gasteiger partial charge >= 0.3 is 0 Å². The third-order valence-corrected chi connectivity index (χ3v) is 8.64. The molecule has 0 aliphatic carbocycles. The van der Waals surface area contributed by atoms with Crippen molar-refractivity contribution in [1.82, 2.24) is 9.55 Å². The predicted octanol–water partition coefficient (Wildman–Crippen LogP) is 12.0. The summed E-state index contributed by atoms with van der Waals surface area (Å²) in [5.74, 6) is 0.746. The summed E-state index contributed by atoms with van der Waals surface area (Å²) >= 11 is 0. The number of rotatable bonds is 5. The van der Waals surface area contributed by atoms with Crippen molar-refractivity contribution in [3.05, 3.63) is 182 Å². The van der Waals surface area contributed by atoms with E-state index in [9.17, 15) is 5.48 Å². The molecule has 0 bridgehead atoms. The molecule has 0 saturated heterocycles. The molecule has 0 radical (unpaired) electrons. The van der Waals surface area contributed by atoms with Crippen LogP contribution in [0, 0.1) is 0 Å². The van der Waals surface area contributed by atoms with Crippen LogP contribution in [0.4, 0.5) is 0 Å². The van der Waals surface area contributed by atoms with E-state index in [0.717, 1.165) is 39.2 Å². The van der Waals surface area contributed by atoms with Crippen LogP contribution in [0.3, 0.4) is 0 Å². The summed E-state index contributed by atoms with van der Waals surface area (Å²) in [5, 5.41) is 0.712. The number of hydrogen-bond donors (Lipinski definition) is 0. The minimum Gasteiger partial charge on any atom is -0.292 e. The third kappa shape index (κ3) is 4.62. The SMILES string of the molecule is [2H]c1c([2H])c([2H])c2c(-c3cccc(-c4ccccc4)c3)c3c([2H])c([2H])c([2H])c([2H])c3c(-c3ccc(-n4c(-c5ccccc5)nc5ccccc54)cc3)c2c1[2H]. The monoisotopic (exact) mass is 606 g/mol. The van der Waals surface area contributed by atoms with Crippen LogP contribution in [0.2, 0.25) is 0 Å². The molecule has 9 aromatic rings. The Morgan fingerprint density at radius 1 is 0.426 bits per heavy atom. The number of aromatic nitrogens is 2. The molecule has 0 fully saturated rings. The van der Waals surface area contributed by atoms with Crippen molar-refractivity contribution in [2.75, 3.05) is 0 Å². The first-order valence-electron chi connectivity index (χ1n) is 19.4. The summed E-state index contributed by atoms with van der Waals surface area (Å²) in [6.07, 6.45) is 0. The van der Waals surface area contributed by atoms with Crippen molar-refractivity contribution in [3.8, 4) is 50.5 Å². The normalized spacial score (nSPS) is 13.8. The molecular weight excluding hydrogens is 569 g/mol. The largest absolute Gasteiger partial charge is 0.292 e. The van der Waals surface area contributed by atoms with Gasteiger partial charge in [0.05, 0.1) is 22.0 Å². The Kier molecular flexibility index (Phi) is 4.80. The molecule has 0 N–H and O–H groups in total. The Hall–Kier alpha value is -6.25. The average Bonchev–Trinajstić information content (AvgIpc) is 3.63. The van der Waals surface area contributed by atoms with Gasteiger partial charge in [-0.3, -0.25) is 4.57 Å². The second kappa shape index (κ2) is 11.3. The number of hydrogen-bond acceptors (Lipinski definition) is 1. The van der Waals surface area contributed by atoms with E-state index < -0.39 is 24.2 Å². The second-order valence-electron chi connectivity index (χ2n) is 11.4. The van der Waals surface area contributed by atoms with Crippen LogP contribution in [0.15, 0.2) is 182 Å². The summed E-state index contributed by atoms with van der Waals surface area (Å²) < 4.78 is 74.4. The van der Waals surface area contributed by atoms with Gasteiger partial charge in [-0.05, 0) is 85.3 Å². The van der Waals surface area contributed by atoms with E-state index in [0.29, 0.717) is 22.3 Å². The molecule has 0 aliphatic rings. The molecule has 0 aliphatic heterocycles. The molecule has 220 valence electrons. The lowest BCUT2D eigenvalue weighted by Crippen LogP contribution is -1.98. The molecule has 9 rings (SSSR count). The van der Waals surface area contributed by atoms with Gasteiger partial charge in [0, 0.05) is 11.3 Å². The highest BCUT2D eigenvalue weighted by atomic mass is 15.1. The van der Waals surface area contributed by atoms with Crippen LogP contribution in [0.1, 0.15) is 11.0 Å². The van der Waals surface area contributed by atoms with Gasteiger partial charge < -0.3 is 0 Å². The van der Waals surface area contributed by atoms with E-state index in [1.165, 1.54) is 0 Å². The standard InChI is InChI=1S/C45H30N2/c1-3-14-31(15-4-1)34-18-13-19-35(30-34)44-39-22-9-7-20-37(39)43(38-21-8-10-23-40(38)44)32-26-28-36(29-27-32)47-42-25-12-11-24-41(42)46-45(47)33-16-5-2-6-17-33/h1-30H/i7D,8D,9D,10D,20D,21D,22D,23D. The van der Waals surface area contributed by atoms with Gasteiger partial charge in [0.25, 0.3) is 0 Å². The lowest BCUT2D eigenvalue weighted by atomic mass is 9.85. The van der Waals surface area contributed by atoms with Crippen LogP contribution < -0.4 is 0 Å². The van der Waals surface area contributed by atoms with E-state index in [-0.39, 0.29) is 45.7 Å². The first-order chi connectivity index (χ1) is 26.7. The maximum atomic E-state index is 9.32. The third-order valence-electron chi connectivity index (χ3n) is 8.64. The Balaban J connectivity index is 1.38. The molecule has 1 heterocycles. The van der Waals surface area contributed by atoms with E-state index in [2.05, 4.69) is 4.57 Å².